The summed E-state index contributed by atoms with van der Waals surface area (Å²) in [5, 5.41) is 0. The minimum absolute atomic E-state index is 0.920. The molecule has 1 aromatic heterocycles. The second kappa shape index (κ2) is 3.23. The molecule has 0 aromatic carbocycles. The maximum Gasteiger partial charge on any atom is 0.106 e. The van der Waals surface area contributed by atoms with Crippen molar-refractivity contribution in [1.82, 2.24) is 4.98 Å². The summed E-state index contributed by atoms with van der Waals surface area (Å²) in [7, 11) is 0. The molecule has 14 heavy (non-hydrogen) atoms. The van der Waals surface area contributed by atoms with Crippen LogP contribution in [0.3, 0.4) is 0 Å². The predicted molar refractivity (Wildman–Crippen MR) is 60.4 cm³/mol. The van der Waals surface area contributed by atoms with E-state index in [0.717, 1.165) is 16.4 Å². The number of anilines is 1. The number of hydrogen-bond acceptors (Lipinski definition) is 2. The molecule has 2 nitrogen and oxygen atoms in total. The third-order valence-electron chi connectivity index (χ3n) is 3.37. The summed E-state index contributed by atoms with van der Waals surface area (Å²) in [6.07, 6.45) is 4.88. The minimum atomic E-state index is 0.920. The van der Waals surface area contributed by atoms with Crippen molar-refractivity contribution in [2.24, 2.45) is 11.8 Å². The molecule has 3 heterocycles. The lowest BCUT2D eigenvalue weighted by molar-refractivity contribution is 0.159. The van der Waals surface area contributed by atoms with Crippen LogP contribution in [0.2, 0.25) is 0 Å². The van der Waals surface area contributed by atoms with Crippen LogP contribution in [0.25, 0.3) is 0 Å². The average Bonchev–Trinajstić information content (AvgIpc) is 2.18. The van der Waals surface area contributed by atoms with Gasteiger partial charge >= 0.3 is 0 Å². The first kappa shape index (κ1) is 8.72. The molecule has 2 aliphatic heterocycles. The van der Waals surface area contributed by atoms with Gasteiger partial charge in [-0.1, -0.05) is 0 Å². The van der Waals surface area contributed by atoms with E-state index in [-0.39, 0.29) is 0 Å². The van der Waals surface area contributed by atoms with E-state index in [1.165, 1.54) is 31.6 Å². The van der Waals surface area contributed by atoms with Crippen LogP contribution >= 0.6 is 15.9 Å². The molecule has 1 saturated carbocycles. The Labute approximate surface area is 92.5 Å². The van der Waals surface area contributed by atoms with Gasteiger partial charge in [0.1, 0.15) is 4.60 Å². The summed E-state index contributed by atoms with van der Waals surface area (Å²) in [6, 6.07) is 4.18. The van der Waals surface area contributed by atoms with Crippen molar-refractivity contribution < 1.29 is 0 Å². The van der Waals surface area contributed by atoms with Gasteiger partial charge in [-0.2, -0.15) is 0 Å². The predicted octanol–water partition coefficient (Wildman–Crippen LogP) is 2.69. The summed E-state index contributed by atoms with van der Waals surface area (Å²) in [4.78, 5) is 6.74. The van der Waals surface area contributed by atoms with Gasteiger partial charge in [0.05, 0.1) is 11.9 Å². The molecule has 74 valence electrons. The molecule has 2 saturated heterocycles. The second-order valence-corrected chi connectivity index (χ2v) is 5.26. The van der Waals surface area contributed by atoms with Gasteiger partial charge in [-0.15, -0.1) is 0 Å². The smallest absolute Gasteiger partial charge is 0.106 e. The van der Waals surface area contributed by atoms with E-state index in [1.807, 2.05) is 12.3 Å². The van der Waals surface area contributed by atoms with Crippen molar-refractivity contribution in [1.29, 1.82) is 0 Å². The van der Waals surface area contributed by atoms with Crippen molar-refractivity contribution in [2.75, 3.05) is 18.0 Å². The summed E-state index contributed by atoms with van der Waals surface area (Å²) < 4.78 is 0.920. The lowest BCUT2D eigenvalue weighted by Gasteiger charge is -2.48. The number of hydrogen-bond donors (Lipinski definition) is 0. The van der Waals surface area contributed by atoms with Crippen molar-refractivity contribution in [2.45, 2.75) is 12.8 Å². The van der Waals surface area contributed by atoms with Crippen molar-refractivity contribution in [3.8, 4) is 0 Å². The lowest BCUT2D eigenvalue weighted by atomic mass is 9.71. The minimum Gasteiger partial charge on any atom is -0.370 e. The third kappa shape index (κ3) is 1.44. The van der Waals surface area contributed by atoms with Crippen molar-refractivity contribution in [3.05, 3.63) is 22.9 Å². The number of piperidine rings is 2. The Morgan fingerprint density at radius 2 is 1.93 bits per heavy atom. The number of nitrogens with zero attached hydrogens (tertiary/aromatic N) is 2. The van der Waals surface area contributed by atoms with Gasteiger partial charge in [0, 0.05) is 13.1 Å². The van der Waals surface area contributed by atoms with Crippen LogP contribution in [0.1, 0.15) is 12.8 Å². The normalized spacial score (nSPS) is 29.9. The highest BCUT2D eigenvalue weighted by Gasteiger charge is 2.36. The van der Waals surface area contributed by atoms with Crippen LogP contribution in [0.4, 0.5) is 5.69 Å². The van der Waals surface area contributed by atoms with Crippen LogP contribution in [0.15, 0.2) is 22.9 Å². The van der Waals surface area contributed by atoms with Gasteiger partial charge < -0.3 is 4.90 Å². The maximum atomic E-state index is 4.27. The number of aromatic nitrogens is 1. The number of pyridine rings is 1. The third-order valence-corrected chi connectivity index (χ3v) is 3.84. The molecule has 3 heteroatoms. The standard InChI is InChI=1S/C11H13BrN2/c12-11-2-1-10(5-13-11)14-6-8-3-9(4-8)7-14/h1-2,5,8-9H,3-4,6-7H2. The molecule has 0 N–H and O–H groups in total. The average molecular weight is 253 g/mol. The van der Waals surface area contributed by atoms with Crippen molar-refractivity contribution >= 4 is 21.6 Å². The van der Waals surface area contributed by atoms with Gasteiger partial charge in [-0.3, -0.25) is 0 Å². The first-order valence-corrected chi connectivity index (χ1v) is 5.97. The summed E-state index contributed by atoms with van der Waals surface area (Å²) >= 11 is 3.36. The quantitative estimate of drug-likeness (QED) is 0.715. The molecule has 0 radical (unpaired) electrons. The molecule has 3 fully saturated rings. The highest BCUT2D eigenvalue weighted by atomic mass is 79.9. The van der Waals surface area contributed by atoms with E-state index in [2.05, 4.69) is 31.9 Å². The Bertz CT molecular complexity index is 320. The van der Waals surface area contributed by atoms with Gasteiger partial charge in [-0.05, 0) is 52.7 Å². The van der Waals surface area contributed by atoms with E-state index < -0.39 is 0 Å². The maximum absolute atomic E-state index is 4.27. The van der Waals surface area contributed by atoms with Gasteiger partial charge in [0.25, 0.3) is 0 Å². The van der Waals surface area contributed by atoms with Crippen LogP contribution in [0, 0.1) is 11.8 Å². The fourth-order valence-electron chi connectivity index (χ4n) is 2.64. The Kier molecular flexibility index (Phi) is 2.01. The van der Waals surface area contributed by atoms with E-state index >= 15 is 0 Å². The zero-order chi connectivity index (χ0) is 9.54. The van der Waals surface area contributed by atoms with Crippen LogP contribution in [-0.2, 0) is 0 Å². The van der Waals surface area contributed by atoms with Crippen LogP contribution in [0.5, 0.6) is 0 Å². The SMILES string of the molecule is Brc1ccc(N2CC3CC(C3)C2)cn1. The Morgan fingerprint density at radius 3 is 2.50 bits per heavy atom. The molecule has 0 unspecified atom stereocenters. The van der Waals surface area contributed by atoms with E-state index in [1.54, 1.807) is 0 Å². The zero-order valence-electron chi connectivity index (χ0n) is 7.99. The first-order valence-electron chi connectivity index (χ1n) is 5.18. The number of rotatable bonds is 1. The molecule has 2 bridgehead atoms. The Morgan fingerprint density at radius 1 is 1.21 bits per heavy atom. The molecule has 1 aromatic rings. The second-order valence-electron chi connectivity index (χ2n) is 4.45. The van der Waals surface area contributed by atoms with Gasteiger partial charge in [0.2, 0.25) is 0 Å². The Hall–Kier alpha value is -0.570. The number of fused-ring (bicyclic) bond motifs is 2. The molecular formula is C11H13BrN2. The van der Waals surface area contributed by atoms with Crippen LogP contribution in [-0.4, -0.2) is 18.1 Å². The summed E-state index contributed by atoms with van der Waals surface area (Å²) in [6.45, 7) is 2.47. The molecular weight excluding hydrogens is 240 g/mol. The highest BCUT2D eigenvalue weighted by molar-refractivity contribution is 9.10. The van der Waals surface area contributed by atoms with E-state index in [0.29, 0.717) is 0 Å². The molecule has 0 spiro atoms. The van der Waals surface area contributed by atoms with E-state index in [9.17, 15) is 0 Å². The number of halogens is 1. The topological polar surface area (TPSA) is 16.1 Å². The lowest BCUT2D eigenvalue weighted by Crippen LogP contribution is -2.48. The molecule has 0 atom stereocenters. The van der Waals surface area contributed by atoms with Crippen LogP contribution < -0.4 is 4.90 Å². The molecule has 1 aliphatic carbocycles. The fraction of sp³-hybridized carbons (Fsp3) is 0.545. The summed E-state index contributed by atoms with van der Waals surface area (Å²) in [5.41, 5.74) is 1.28. The van der Waals surface area contributed by atoms with E-state index in [4.69, 9.17) is 0 Å². The highest BCUT2D eigenvalue weighted by Crippen LogP contribution is 2.40. The zero-order valence-corrected chi connectivity index (χ0v) is 9.57. The van der Waals surface area contributed by atoms with Crippen molar-refractivity contribution in [3.63, 3.8) is 0 Å². The summed E-state index contributed by atoms with van der Waals surface area (Å²) in [5.74, 6) is 1.91. The largest absolute Gasteiger partial charge is 0.370 e. The molecule has 0 amide bonds. The fourth-order valence-corrected chi connectivity index (χ4v) is 2.87. The Balaban J connectivity index is 1.79. The first-order chi connectivity index (χ1) is 6.81. The van der Waals surface area contributed by atoms with Gasteiger partial charge in [-0.25, -0.2) is 4.98 Å². The van der Waals surface area contributed by atoms with Gasteiger partial charge in [0.15, 0.2) is 0 Å². The molecule has 3 aliphatic rings. The monoisotopic (exact) mass is 252 g/mol. The molecule has 4 rings (SSSR count).